The Hall–Kier alpha value is -0.550. The Morgan fingerprint density at radius 2 is 1.62 bits per heavy atom. The summed E-state index contributed by atoms with van der Waals surface area (Å²) in [6.07, 6.45) is 2.88. The van der Waals surface area contributed by atoms with E-state index in [-0.39, 0.29) is 0 Å². The summed E-state index contributed by atoms with van der Waals surface area (Å²) in [5.74, 6) is 0. The molecule has 2 heteroatoms. The third-order valence-electron chi connectivity index (χ3n) is 2.28. The lowest BCUT2D eigenvalue weighted by atomic mass is 10.2. The average Bonchev–Trinajstić information content (AvgIpc) is 2.02. The van der Waals surface area contributed by atoms with E-state index in [4.69, 9.17) is 5.26 Å². The van der Waals surface area contributed by atoms with Crippen molar-refractivity contribution >= 4 is 0 Å². The fraction of sp³-hybridized carbons (Fsp3) is 0.909. The second kappa shape index (κ2) is 6.91. The predicted molar refractivity (Wildman–Crippen MR) is 56.4 cm³/mol. The van der Waals surface area contributed by atoms with Crippen LogP contribution in [0.15, 0.2) is 0 Å². The molecule has 0 unspecified atom stereocenters. The van der Waals surface area contributed by atoms with E-state index in [9.17, 15) is 0 Å². The van der Waals surface area contributed by atoms with Gasteiger partial charge in [0, 0.05) is 18.5 Å². The molecule has 0 heterocycles. The highest BCUT2D eigenvalue weighted by Crippen LogP contribution is 2.07. The van der Waals surface area contributed by atoms with Gasteiger partial charge >= 0.3 is 0 Å². The molecule has 0 saturated heterocycles. The highest BCUT2D eigenvalue weighted by atomic mass is 15.2. The number of hydrogen-bond donors (Lipinski definition) is 0. The highest BCUT2D eigenvalue weighted by Gasteiger charge is 2.11. The summed E-state index contributed by atoms with van der Waals surface area (Å²) in [6, 6.07) is 3.41. The molecule has 0 aromatic rings. The molecular formula is C11H22N2. The van der Waals surface area contributed by atoms with Gasteiger partial charge in [-0.3, -0.25) is 4.90 Å². The first-order valence-corrected chi connectivity index (χ1v) is 5.22. The number of nitrogens with zero attached hydrogens (tertiary/aromatic N) is 2. The molecule has 0 aromatic heterocycles. The lowest BCUT2D eigenvalue weighted by Crippen LogP contribution is -2.37. The topological polar surface area (TPSA) is 27.0 Å². The second-order valence-corrected chi connectivity index (χ2v) is 4.04. The molecule has 13 heavy (non-hydrogen) atoms. The summed E-state index contributed by atoms with van der Waals surface area (Å²) in [4.78, 5) is 2.47. The first-order chi connectivity index (χ1) is 6.09. The second-order valence-electron chi connectivity index (χ2n) is 4.04. The maximum atomic E-state index is 8.39. The molecule has 0 atom stereocenters. The fourth-order valence-electron chi connectivity index (χ4n) is 1.61. The summed E-state index contributed by atoms with van der Waals surface area (Å²) in [6.45, 7) is 10.0. The Balaban J connectivity index is 3.65. The summed E-state index contributed by atoms with van der Waals surface area (Å²) in [7, 11) is 0. The van der Waals surface area contributed by atoms with E-state index in [1.54, 1.807) is 0 Å². The van der Waals surface area contributed by atoms with Gasteiger partial charge in [-0.15, -0.1) is 0 Å². The molecule has 0 radical (unpaired) electrons. The SMILES string of the molecule is CC(C)N(CCCCC#N)C(C)C. The molecular weight excluding hydrogens is 160 g/mol. The molecule has 0 aliphatic heterocycles. The molecule has 0 bridgehead atoms. The van der Waals surface area contributed by atoms with Crippen LogP contribution in [0.3, 0.4) is 0 Å². The molecule has 2 nitrogen and oxygen atoms in total. The zero-order valence-corrected chi connectivity index (χ0v) is 9.38. The molecule has 76 valence electrons. The zero-order valence-electron chi connectivity index (χ0n) is 9.38. The predicted octanol–water partition coefficient (Wildman–Crippen LogP) is 2.80. The van der Waals surface area contributed by atoms with E-state index in [1.165, 1.54) is 0 Å². The Morgan fingerprint density at radius 3 is 2.00 bits per heavy atom. The fourth-order valence-corrected chi connectivity index (χ4v) is 1.61. The summed E-state index contributed by atoms with van der Waals surface area (Å²) in [5.41, 5.74) is 0. The minimum atomic E-state index is 0.613. The number of nitriles is 1. The maximum Gasteiger partial charge on any atom is 0.0621 e. The van der Waals surface area contributed by atoms with Crippen LogP contribution in [0.1, 0.15) is 47.0 Å². The molecule has 0 fully saturated rings. The Labute approximate surface area is 82.5 Å². The first kappa shape index (κ1) is 12.4. The van der Waals surface area contributed by atoms with Crippen molar-refractivity contribution in [2.75, 3.05) is 6.54 Å². The van der Waals surface area contributed by atoms with Gasteiger partial charge in [0.15, 0.2) is 0 Å². The Bertz CT molecular complexity index is 148. The van der Waals surface area contributed by atoms with Crippen LogP contribution < -0.4 is 0 Å². The van der Waals surface area contributed by atoms with Crippen LogP contribution in [0.5, 0.6) is 0 Å². The van der Waals surface area contributed by atoms with Gasteiger partial charge in [-0.1, -0.05) is 0 Å². The first-order valence-electron chi connectivity index (χ1n) is 5.22. The minimum absolute atomic E-state index is 0.613. The summed E-state index contributed by atoms with van der Waals surface area (Å²) in [5, 5.41) is 8.39. The van der Waals surface area contributed by atoms with Gasteiger partial charge in [0.1, 0.15) is 0 Å². The Morgan fingerprint density at radius 1 is 1.08 bits per heavy atom. The van der Waals surface area contributed by atoms with Crippen molar-refractivity contribution in [1.82, 2.24) is 4.90 Å². The molecule has 0 N–H and O–H groups in total. The van der Waals surface area contributed by atoms with Crippen molar-refractivity contribution in [3.63, 3.8) is 0 Å². The van der Waals surface area contributed by atoms with Crippen LogP contribution >= 0.6 is 0 Å². The van der Waals surface area contributed by atoms with Gasteiger partial charge in [0.25, 0.3) is 0 Å². The van der Waals surface area contributed by atoms with E-state index in [2.05, 4.69) is 38.7 Å². The monoisotopic (exact) mass is 182 g/mol. The minimum Gasteiger partial charge on any atom is -0.299 e. The number of rotatable bonds is 6. The van der Waals surface area contributed by atoms with Crippen molar-refractivity contribution < 1.29 is 0 Å². The lowest BCUT2D eigenvalue weighted by molar-refractivity contribution is 0.172. The molecule has 0 amide bonds. The van der Waals surface area contributed by atoms with E-state index < -0.39 is 0 Å². The van der Waals surface area contributed by atoms with Crippen LogP contribution in [-0.2, 0) is 0 Å². The molecule has 0 spiro atoms. The average molecular weight is 182 g/mol. The van der Waals surface area contributed by atoms with Gasteiger partial charge in [0.2, 0.25) is 0 Å². The molecule has 0 rings (SSSR count). The van der Waals surface area contributed by atoms with Crippen molar-refractivity contribution in [3.8, 4) is 6.07 Å². The standard InChI is InChI=1S/C11H22N2/c1-10(2)13(11(3)4)9-7-5-6-8-12/h10-11H,5-7,9H2,1-4H3. The zero-order chi connectivity index (χ0) is 10.3. The van der Waals surface area contributed by atoms with Crippen LogP contribution in [-0.4, -0.2) is 23.5 Å². The highest BCUT2D eigenvalue weighted by molar-refractivity contribution is 4.71. The third-order valence-corrected chi connectivity index (χ3v) is 2.28. The quantitative estimate of drug-likeness (QED) is 0.591. The largest absolute Gasteiger partial charge is 0.299 e. The van der Waals surface area contributed by atoms with Crippen molar-refractivity contribution in [2.45, 2.75) is 59.0 Å². The van der Waals surface area contributed by atoms with E-state index in [1.807, 2.05) is 0 Å². The van der Waals surface area contributed by atoms with Crippen LogP contribution in [0.2, 0.25) is 0 Å². The number of unbranched alkanes of at least 4 members (excludes halogenated alkanes) is 2. The van der Waals surface area contributed by atoms with Crippen molar-refractivity contribution in [2.24, 2.45) is 0 Å². The van der Waals surface area contributed by atoms with Gasteiger partial charge in [-0.25, -0.2) is 0 Å². The third kappa shape index (κ3) is 5.65. The van der Waals surface area contributed by atoms with Gasteiger partial charge in [-0.2, -0.15) is 5.26 Å². The van der Waals surface area contributed by atoms with E-state index in [0.29, 0.717) is 18.5 Å². The molecule has 0 aliphatic rings. The van der Waals surface area contributed by atoms with Crippen LogP contribution in [0.25, 0.3) is 0 Å². The van der Waals surface area contributed by atoms with Gasteiger partial charge in [0.05, 0.1) is 6.07 Å². The summed E-state index contributed by atoms with van der Waals surface area (Å²) < 4.78 is 0. The molecule has 0 aromatic carbocycles. The van der Waals surface area contributed by atoms with E-state index in [0.717, 1.165) is 19.4 Å². The van der Waals surface area contributed by atoms with Gasteiger partial charge < -0.3 is 0 Å². The van der Waals surface area contributed by atoms with Gasteiger partial charge in [-0.05, 0) is 47.1 Å². The normalized spacial score (nSPS) is 11.2. The lowest BCUT2D eigenvalue weighted by Gasteiger charge is -2.30. The van der Waals surface area contributed by atoms with Crippen molar-refractivity contribution in [1.29, 1.82) is 5.26 Å². The maximum absolute atomic E-state index is 8.39. The van der Waals surface area contributed by atoms with Crippen molar-refractivity contribution in [3.05, 3.63) is 0 Å². The molecule has 0 saturated carbocycles. The number of hydrogen-bond acceptors (Lipinski definition) is 2. The van der Waals surface area contributed by atoms with Crippen LogP contribution in [0.4, 0.5) is 0 Å². The summed E-state index contributed by atoms with van der Waals surface area (Å²) >= 11 is 0. The Kier molecular flexibility index (Phi) is 6.62. The van der Waals surface area contributed by atoms with E-state index >= 15 is 0 Å². The van der Waals surface area contributed by atoms with Crippen LogP contribution in [0, 0.1) is 11.3 Å². The molecule has 0 aliphatic carbocycles. The smallest absolute Gasteiger partial charge is 0.0621 e.